The lowest BCUT2D eigenvalue weighted by Gasteiger charge is -2.34. The van der Waals surface area contributed by atoms with Gasteiger partial charge in [-0.05, 0) is 55.0 Å². The molecule has 0 saturated heterocycles. The number of nitrogens with zero attached hydrogens (tertiary/aromatic N) is 2. The highest BCUT2D eigenvalue weighted by Gasteiger charge is 2.33. The molecular weight excluding hydrogens is 533 g/mol. The molecule has 7 nitrogen and oxygen atoms in total. The van der Waals surface area contributed by atoms with Gasteiger partial charge >= 0.3 is 0 Å². The number of hydrogen-bond acceptors (Lipinski definition) is 4. The van der Waals surface area contributed by atoms with E-state index in [0.717, 1.165) is 22.5 Å². The Hall–Kier alpha value is -2.29. The number of anilines is 1. The molecule has 0 fully saturated rings. The van der Waals surface area contributed by atoms with Crippen molar-refractivity contribution in [2.75, 3.05) is 17.1 Å². The van der Waals surface area contributed by atoms with Gasteiger partial charge in [0.25, 0.3) is 0 Å². The monoisotopic (exact) mass is 569 g/mol. The summed E-state index contributed by atoms with van der Waals surface area (Å²) < 4.78 is 26.9. The molecule has 0 radical (unpaired) electrons. The smallest absolute Gasteiger partial charge is 0.244 e. The minimum absolute atomic E-state index is 0.0185. The highest BCUT2D eigenvalue weighted by molar-refractivity contribution is 7.92. The second-order valence-electron chi connectivity index (χ2n) is 9.48. The first kappa shape index (κ1) is 30.9. The molecule has 2 aromatic carbocycles. The van der Waals surface area contributed by atoms with Crippen LogP contribution in [0.4, 0.5) is 5.69 Å². The summed E-state index contributed by atoms with van der Waals surface area (Å²) in [5.74, 6) is -0.783. The summed E-state index contributed by atoms with van der Waals surface area (Å²) >= 11 is 12.5. The van der Waals surface area contributed by atoms with E-state index in [2.05, 4.69) is 5.32 Å². The van der Waals surface area contributed by atoms with Gasteiger partial charge in [0.05, 0.1) is 11.9 Å². The lowest BCUT2D eigenvalue weighted by Crippen LogP contribution is -2.53. The number of benzene rings is 2. The van der Waals surface area contributed by atoms with Gasteiger partial charge in [-0.25, -0.2) is 8.42 Å². The zero-order chi connectivity index (χ0) is 27.9. The van der Waals surface area contributed by atoms with Crippen LogP contribution in [0.25, 0.3) is 0 Å². The number of rotatable bonds is 12. The quantitative estimate of drug-likeness (QED) is 0.360. The summed E-state index contributed by atoms with van der Waals surface area (Å²) in [6, 6.07) is 11.1. The molecule has 37 heavy (non-hydrogen) atoms. The first-order valence-corrected chi connectivity index (χ1v) is 15.0. The van der Waals surface area contributed by atoms with E-state index in [4.69, 9.17) is 23.2 Å². The van der Waals surface area contributed by atoms with Crippen molar-refractivity contribution in [3.8, 4) is 0 Å². The molecule has 0 spiro atoms. The SMILES string of the molecule is CCC(C)NC(=O)C(CC)N(Cc1ccc(Cl)cc1Cl)C(=O)CN(c1ccccc1C(C)C)S(C)(=O)=O. The summed E-state index contributed by atoms with van der Waals surface area (Å²) in [7, 11) is -3.82. The van der Waals surface area contributed by atoms with Crippen LogP contribution in [0.15, 0.2) is 42.5 Å². The third-order valence-electron chi connectivity index (χ3n) is 6.25. The topological polar surface area (TPSA) is 86.8 Å². The van der Waals surface area contributed by atoms with Crippen LogP contribution in [-0.4, -0.2) is 50.0 Å². The Morgan fingerprint density at radius 3 is 2.19 bits per heavy atom. The summed E-state index contributed by atoms with van der Waals surface area (Å²) in [6.45, 7) is 9.14. The van der Waals surface area contributed by atoms with Crippen molar-refractivity contribution >= 4 is 50.7 Å². The predicted molar refractivity (Wildman–Crippen MR) is 152 cm³/mol. The van der Waals surface area contributed by atoms with Gasteiger partial charge in [-0.3, -0.25) is 13.9 Å². The normalized spacial score (nSPS) is 13.2. The third-order valence-corrected chi connectivity index (χ3v) is 7.96. The second-order valence-corrected chi connectivity index (χ2v) is 12.2. The fourth-order valence-corrected chi connectivity index (χ4v) is 5.33. The molecule has 0 aliphatic heterocycles. The highest BCUT2D eigenvalue weighted by atomic mass is 35.5. The molecule has 0 aromatic heterocycles. The van der Waals surface area contributed by atoms with Crippen LogP contribution in [0, 0.1) is 0 Å². The Morgan fingerprint density at radius 2 is 1.65 bits per heavy atom. The van der Waals surface area contributed by atoms with Crippen molar-refractivity contribution in [2.45, 2.75) is 72.0 Å². The largest absolute Gasteiger partial charge is 0.352 e. The highest BCUT2D eigenvalue weighted by Crippen LogP contribution is 2.30. The Balaban J connectivity index is 2.54. The van der Waals surface area contributed by atoms with Gasteiger partial charge in [0.15, 0.2) is 0 Å². The molecule has 0 saturated carbocycles. The molecule has 2 aromatic rings. The number of sulfonamides is 1. The van der Waals surface area contributed by atoms with Crippen LogP contribution in [0.3, 0.4) is 0 Å². The molecule has 0 aliphatic carbocycles. The van der Waals surface area contributed by atoms with E-state index >= 15 is 0 Å². The number of carbonyl (C=O) groups is 2. The van der Waals surface area contributed by atoms with Gasteiger partial charge in [-0.1, -0.05) is 75.2 Å². The Kier molecular flexibility index (Phi) is 11.3. The van der Waals surface area contributed by atoms with Gasteiger partial charge in [0.2, 0.25) is 21.8 Å². The fourth-order valence-electron chi connectivity index (χ4n) is 3.99. The molecule has 2 unspecified atom stereocenters. The average molecular weight is 571 g/mol. The number of halogens is 2. The number of hydrogen-bond donors (Lipinski definition) is 1. The van der Waals surface area contributed by atoms with Crippen LogP contribution < -0.4 is 9.62 Å². The molecular formula is C27H37Cl2N3O4S. The molecule has 1 N–H and O–H groups in total. The van der Waals surface area contributed by atoms with Crippen LogP contribution in [0.5, 0.6) is 0 Å². The molecule has 2 amide bonds. The van der Waals surface area contributed by atoms with E-state index in [0.29, 0.717) is 27.7 Å². The van der Waals surface area contributed by atoms with Crippen LogP contribution in [0.1, 0.15) is 64.5 Å². The fraction of sp³-hybridized carbons (Fsp3) is 0.481. The van der Waals surface area contributed by atoms with Crippen molar-refractivity contribution in [3.05, 3.63) is 63.6 Å². The molecule has 0 bridgehead atoms. The van der Waals surface area contributed by atoms with Gasteiger partial charge < -0.3 is 10.2 Å². The molecule has 204 valence electrons. The van der Waals surface area contributed by atoms with Crippen LogP contribution in [-0.2, 0) is 26.2 Å². The summed E-state index contributed by atoms with van der Waals surface area (Å²) in [5.41, 5.74) is 1.84. The summed E-state index contributed by atoms with van der Waals surface area (Å²) in [6.07, 6.45) is 2.14. The van der Waals surface area contributed by atoms with E-state index in [1.54, 1.807) is 30.3 Å². The van der Waals surface area contributed by atoms with Crippen molar-refractivity contribution in [1.29, 1.82) is 0 Å². The Bertz CT molecular complexity index is 1200. The zero-order valence-corrected chi connectivity index (χ0v) is 24.6. The van der Waals surface area contributed by atoms with Crippen molar-refractivity contribution in [2.24, 2.45) is 0 Å². The van der Waals surface area contributed by atoms with Crippen LogP contribution in [0.2, 0.25) is 10.0 Å². The lowest BCUT2D eigenvalue weighted by molar-refractivity contribution is -0.140. The number of amides is 2. The molecule has 2 atom stereocenters. The minimum Gasteiger partial charge on any atom is -0.352 e. The maximum atomic E-state index is 13.9. The molecule has 10 heteroatoms. The molecule has 2 rings (SSSR count). The van der Waals surface area contributed by atoms with Gasteiger partial charge in [-0.15, -0.1) is 0 Å². The van der Waals surface area contributed by atoms with Gasteiger partial charge in [0.1, 0.15) is 12.6 Å². The first-order valence-electron chi connectivity index (χ1n) is 12.4. The maximum Gasteiger partial charge on any atom is 0.244 e. The zero-order valence-electron chi connectivity index (χ0n) is 22.3. The van der Waals surface area contributed by atoms with E-state index < -0.39 is 28.5 Å². The van der Waals surface area contributed by atoms with E-state index in [1.807, 2.05) is 46.8 Å². The number of nitrogens with one attached hydrogen (secondary N) is 1. The van der Waals surface area contributed by atoms with Crippen molar-refractivity contribution in [3.63, 3.8) is 0 Å². The van der Waals surface area contributed by atoms with Gasteiger partial charge in [0, 0.05) is 22.6 Å². The Morgan fingerprint density at radius 1 is 1.00 bits per heavy atom. The third kappa shape index (κ3) is 8.35. The number of para-hydroxylation sites is 1. The van der Waals surface area contributed by atoms with Crippen LogP contribution >= 0.6 is 23.2 Å². The first-order chi connectivity index (χ1) is 17.3. The van der Waals surface area contributed by atoms with Gasteiger partial charge in [-0.2, -0.15) is 0 Å². The van der Waals surface area contributed by atoms with Crippen molar-refractivity contribution in [1.82, 2.24) is 10.2 Å². The number of carbonyl (C=O) groups excluding carboxylic acids is 2. The van der Waals surface area contributed by atoms with E-state index in [-0.39, 0.29) is 24.4 Å². The average Bonchev–Trinajstić information content (AvgIpc) is 2.82. The van der Waals surface area contributed by atoms with Crippen molar-refractivity contribution < 1.29 is 18.0 Å². The summed E-state index contributed by atoms with van der Waals surface area (Å²) in [5, 5.41) is 3.75. The molecule has 0 aliphatic rings. The maximum absolute atomic E-state index is 13.9. The lowest BCUT2D eigenvalue weighted by atomic mass is 10.0. The Labute approximate surface area is 231 Å². The second kappa shape index (κ2) is 13.5. The molecule has 0 heterocycles. The standard InChI is InChI=1S/C27H37Cl2N3O4S/c1-7-19(5)30-27(34)24(8-2)31(16-20-13-14-21(28)15-23(20)29)26(33)17-32(37(6,35)36)25-12-10-9-11-22(25)18(3)4/h9-15,18-19,24H,7-8,16-17H2,1-6H3,(H,30,34). The van der Waals surface area contributed by atoms with E-state index in [1.165, 1.54) is 4.90 Å². The summed E-state index contributed by atoms with van der Waals surface area (Å²) in [4.78, 5) is 28.5. The predicted octanol–water partition coefficient (Wildman–Crippen LogP) is 5.60. The van der Waals surface area contributed by atoms with E-state index in [9.17, 15) is 18.0 Å². The minimum atomic E-state index is -3.82.